The Morgan fingerprint density at radius 1 is 0.938 bits per heavy atom. The summed E-state index contributed by atoms with van der Waals surface area (Å²) in [6.07, 6.45) is 9.09. The first-order valence-electron chi connectivity index (χ1n) is 12.4. The molecular weight excluding hydrogens is 396 g/mol. The number of carbonyl (C=O) groups excluding carboxylic acids is 1. The van der Waals surface area contributed by atoms with Crippen LogP contribution in [0.1, 0.15) is 56.6 Å². The lowest BCUT2D eigenvalue weighted by Gasteiger charge is -2.59. The third-order valence-corrected chi connectivity index (χ3v) is 8.22. The number of urea groups is 1. The largest absolute Gasteiger partial charge is 0.489 e. The van der Waals surface area contributed by atoms with Gasteiger partial charge >= 0.3 is 6.03 Å². The van der Waals surface area contributed by atoms with Gasteiger partial charge in [0, 0.05) is 12.6 Å². The molecule has 2 aromatic carbocycles. The maximum Gasteiger partial charge on any atom is 0.315 e. The van der Waals surface area contributed by atoms with Gasteiger partial charge in [-0.15, -0.1) is 0 Å². The third kappa shape index (κ3) is 4.79. The quantitative estimate of drug-likeness (QED) is 0.561. The lowest BCUT2D eigenvalue weighted by Crippen LogP contribution is -2.57. The second kappa shape index (κ2) is 9.17. The van der Waals surface area contributed by atoms with Crippen LogP contribution >= 0.6 is 0 Å². The first-order valence-corrected chi connectivity index (χ1v) is 12.4. The molecule has 0 aliphatic heterocycles. The van der Waals surface area contributed by atoms with Gasteiger partial charge < -0.3 is 15.4 Å². The molecule has 1 unspecified atom stereocenters. The second-order valence-corrected chi connectivity index (χ2v) is 10.6. The van der Waals surface area contributed by atoms with Crippen LogP contribution in [-0.4, -0.2) is 18.6 Å². The number of carbonyl (C=O) groups is 1. The molecule has 6 rings (SSSR count). The van der Waals surface area contributed by atoms with Crippen molar-refractivity contribution < 1.29 is 9.53 Å². The van der Waals surface area contributed by atoms with Gasteiger partial charge in [-0.25, -0.2) is 4.79 Å². The smallest absolute Gasteiger partial charge is 0.315 e. The molecule has 4 saturated carbocycles. The summed E-state index contributed by atoms with van der Waals surface area (Å²) in [4.78, 5) is 12.6. The molecule has 32 heavy (non-hydrogen) atoms. The Bertz CT molecular complexity index is 874. The molecule has 2 amide bonds. The highest BCUT2D eigenvalue weighted by molar-refractivity contribution is 5.74. The van der Waals surface area contributed by atoms with E-state index < -0.39 is 0 Å². The number of ether oxygens (including phenoxy) is 1. The molecular formula is C28H36N2O2. The van der Waals surface area contributed by atoms with Gasteiger partial charge in [-0.2, -0.15) is 0 Å². The highest BCUT2D eigenvalue weighted by atomic mass is 16.5. The van der Waals surface area contributed by atoms with Crippen LogP contribution in [0.3, 0.4) is 0 Å². The van der Waals surface area contributed by atoms with Crippen LogP contribution in [0, 0.1) is 23.2 Å². The van der Waals surface area contributed by atoms with Crippen LogP contribution in [0.5, 0.6) is 5.75 Å². The Hall–Kier alpha value is -2.49. The zero-order valence-corrected chi connectivity index (χ0v) is 19.2. The average molecular weight is 433 g/mol. The van der Waals surface area contributed by atoms with Crippen molar-refractivity contribution in [2.45, 2.75) is 64.5 Å². The lowest BCUT2D eigenvalue weighted by atomic mass is 9.48. The summed E-state index contributed by atoms with van der Waals surface area (Å²) in [6, 6.07) is 18.6. The standard InChI is InChI=1S/C28H36N2O2/c1-20(28-16-23-13-24(17-28)15-25(14-23)18-28)30-27(31)29-12-11-21-7-9-26(10-8-21)32-19-22-5-3-2-4-6-22/h2-10,20,23-25H,11-19H2,1H3,(H2,29,30,31). The highest BCUT2D eigenvalue weighted by Crippen LogP contribution is 2.61. The minimum atomic E-state index is -0.0175. The molecule has 4 aliphatic rings. The SMILES string of the molecule is CC(NC(=O)NCCc1ccc(OCc2ccccc2)cc1)C12CC3CC(CC(C3)C1)C2. The predicted octanol–water partition coefficient (Wildman–Crippen LogP) is 5.71. The van der Waals surface area contributed by atoms with Gasteiger partial charge in [-0.05, 0) is 98.3 Å². The predicted molar refractivity (Wildman–Crippen MR) is 128 cm³/mol. The molecule has 0 saturated heterocycles. The maximum atomic E-state index is 12.6. The monoisotopic (exact) mass is 432 g/mol. The van der Waals surface area contributed by atoms with E-state index in [1.807, 2.05) is 30.3 Å². The van der Waals surface area contributed by atoms with E-state index in [4.69, 9.17) is 4.74 Å². The Kier molecular flexibility index (Phi) is 6.12. The minimum Gasteiger partial charge on any atom is -0.489 e. The minimum absolute atomic E-state index is 0.0175. The Balaban J connectivity index is 1.05. The fourth-order valence-electron chi connectivity index (χ4n) is 6.92. The lowest BCUT2D eigenvalue weighted by molar-refractivity contribution is -0.0682. The molecule has 0 heterocycles. The summed E-state index contributed by atoms with van der Waals surface area (Å²) >= 11 is 0. The van der Waals surface area contributed by atoms with Crippen LogP contribution < -0.4 is 15.4 Å². The van der Waals surface area contributed by atoms with Crippen molar-refractivity contribution >= 4 is 6.03 Å². The summed E-state index contributed by atoms with van der Waals surface area (Å²) < 4.78 is 5.85. The molecule has 0 spiro atoms. The van der Waals surface area contributed by atoms with Crippen LogP contribution in [0.2, 0.25) is 0 Å². The van der Waals surface area contributed by atoms with Crippen molar-refractivity contribution in [3.05, 3.63) is 65.7 Å². The first-order chi connectivity index (χ1) is 15.6. The summed E-state index contributed by atoms with van der Waals surface area (Å²) in [5.74, 6) is 3.60. The Morgan fingerprint density at radius 3 is 2.19 bits per heavy atom. The van der Waals surface area contributed by atoms with E-state index in [0.717, 1.165) is 35.5 Å². The van der Waals surface area contributed by atoms with Gasteiger partial charge in [0.1, 0.15) is 12.4 Å². The summed E-state index contributed by atoms with van der Waals surface area (Å²) in [7, 11) is 0. The van der Waals surface area contributed by atoms with Gasteiger partial charge in [0.25, 0.3) is 0 Å². The first kappa shape index (κ1) is 21.4. The molecule has 1 atom stereocenters. The van der Waals surface area contributed by atoms with Crippen LogP contribution in [0.4, 0.5) is 4.79 Å². The van der Waals surface area contributed by atoms with E-state index in [2.05, 4.69) is 41.8 Å². The molecule has 4 heteroatoms. The number of hydrogen-bond acceptors (Lipinski definition) is 2. The van der Waals surface area contributed by atoms with E-state index in [1.165, 1.54) is 44.1 Å². The van der Waals surface area contributed by atoms with E-state index in [9.17, 15) is 4.79 Å². The van der Waals surface area contributed by atoms with Gasteiger partial charge in [-0.3, -0.25) is 0 Å². The molecule has 4 aliphatic carbocycles. The number of nitrogens with one attached hydrogen (secondary N) is 2. The maximum absolute atomic E-state index is 12.6. The topological polar surface area (TPSA) is 50.4 Å². The molecule has 4 nitrogen and oxygen atoms in total. The Morgan fingerprint density at radius 2 is 1.56 bits per heavy atom. The van der Waals surface area contributed by atoms with Crippen molar-refractivity contribution in [3.63, 3.8) is 0 Å². The zero-order chi connectivity index (χ0) is 22.0. The third-order valence-electron chi connectivity index (χ3n) is 8.22. The van der Waals surface area contributed by atoms with Gasteiger partial charge in [-0.1, -0.05) is 42.5 Å². The van der Waals surface area contributed by atoms with Gasteiger partial charge in [0.05, 0.1) is 0 Å². The molecule has 2 aromatic rings. The number of hydrogen-bond donors (Lipinski definition) is 2. The molecule has 4 fully saturated rings. The molecule has 4 bridgehead atoms. The fraction of sp³-hybridized carbons (Fsp3) is 0.536. The van der Waals surface area contributed by atoms with Gasteiger partial charge in [0.15, 0.2) is 0 Å². The van der Waals surface area contributed by atoms with E-state index in [1.54, 1.807) is 0 Å². The zero-order valence-electron chi connectivity index (χ0n) is 19.2. The van der Waals surface area contributed by atoms with E-state index in [-0.39, 0.29) is 12.1 Å². The number of rotatable bonds is 8. The van der Waals surface area contributed by atoms with Crippen LogP contribution in [0.25, 0.3) is 0 Å². The van der Waals surface area contributed by atoms with E-state index in [0.29, 0.717) is 18.6 Å². The molecule has 2 N–H and O–H groups in total. The van der Waals surface area contributed by atoms with E-state index >= 15 is 0 Å². The molecule has 170 valence electrons. The fourth-order valence-corrected chi connectivity index (χ4v) is 6.92. The number of amides is 2. The Labute approximate surface area is 192 Å². The van der Waals surface area contributed by atoms with Crippen molar-refractivity contribution in [2.24, 2.45) is 23.2 Å². The number of benzene rings is 2. The van der Waals surface area contributed by atoms with Crippen molar-refractivity contribution in [1.82, 2.24) is 10.6 Å². The highest BCUT2D eigenvalue weighted by Gasteiger charge is 2.53. The van der Waals surface area contributed by atoms with Crippen molar-refractivity contribution in [3.8, 4) is 5.75 Å². The summed E-state index contributed by atoms with van der Waals surface area (Å²) in [5.41, 5.74) is 2.71. The second-order valence-electron chi connectivity index (χ2n) is 10.6. The molecule has 0 aromatic heterocycles. The summed E-state index contributed by atoms with van der Waals surface area (Å²) in [6.45, 7) is 3.45. The van der Waals surface area contributed by atoms with Crippen LogP contribution in [-0.2, 0) is 13.0 Å². The van der Waals surface area contributed by atoms with Crippen molar-refractivity contribution in [1.29, 1.82) is 0 Å². The van der Waals surface area contributed by atoms with Crippen molar-refractivity contribution in [2.75, 3.05) is 6.54 Å². The normalized spacial score (nSPS) is 28.8. The summed E-state index contributed by atoms with van der Waals surface area (Å²) in [5, 5.41) is 6.37. The molecule has 0 radical (unpaired) electrons. The van der Waals surface area contributed by atoms with Crippen LogP contribution in [0.15, 0.2) is 54.6 Å². The average Bonchev–Trinajstić information content (AvgIpc) is 2.78. The van der Waals surface area contributed by atoms with Gasteiger partial charge in [0.2, 0.25) is 0 Å².